The van der Waals surface area contributed by atoms with Gasteiger partial charge in [0.1, 0.15) is 12.3 Å². The number of oxazole rings is 1. The van der Waals surface area contributed by atoms with Crippen LogP contribution in [0.25, 0.3) is 0 Å². The lowest BCUT2D eigenvalue weighted by atomic mass is 9.46. The number of rotatable bonds is 4. The molecule has 3 unspecified atom stereocenters. The van der Waals surface area contributed by atoms with Gasteiger partial charge in [-0.2, -0.15) is 0 Å². The molecule has 3 fully saturated rings. The van der Waals surface area contributed by atoms with Crippen LogP contribution in [-0.4, -0.2) is 36.2 Å². The van der Waals surface area contributed by atoms with E-state index in [1.54, 1.807) is 0 Å². The van der Waals surface area contributed by atoms with Crippen molar-refractivity contribution in [1.29, 1.82) is 0 Å². The predicted molar refractivity (Wildman–Crippen MR) is 91.8 cm³/mol. The summed E-state index contributed by atoms with van der Waals surface area (Å²) in [4.78, 5) is 9.11. The van der Waals surface area contributed by atoms with E-state index in [0.717, 1.165) is 30.6 Å². The average Bonchev–Trinajstić information content (AvgIpc) is 3.06. The molecule has 1 aromatic heterocycles. The Hall–Kier alpha value is -1.56. The Kier molecular flexibility index (Phi) is 4.03. The molecular weight excluding hydrogens is 304 g/mol. The summed E-state index contributed by atoms with van der Waals surface area (Å²) in [5.74, 6) is 3.06. The summed E-state index contributed by atoms with van der Waals surface area (Å²) < 4.78 is 11.6. The van der Waals surface area contributed by atoms with Crippen LogP contribution in [0.15, 0.2) is 9.41 Å². The van der Waals surface area contributed by atoms with Gasteiger partial charge in [0.05, 0.1) is 11.8 Å². The molecule has 1 saturated heterocycles. The van der Waals surface area contributed by atoms with Gasteiger partial charge in [0.2, 0.25) is 5.89 Å². The van der Waals surface area contributed by atoms with Crippen LogP contribution in [0.5, 0.6) is 0 Å². The number of ether oxygens (including phenoxy) is 1. The van der Waals surface area contributed by atoms with Gasteiger partial charge in [-0.15, -0.1) is 0 Å². The molecule has 3 atom stereocenters. The highest BCUT2D eigenvalue weighted by Crippen LogP contribution is 2.62. The molecule has 0 radical (unpaired) electrons. The lowest BCUT2D eigenvalue weighted by molar-refractivity contribution is -0.171. The van der Waals surface area contributed by atoms with Crippen LogP contribution in [0.2, 0.25) is 0 Å². The second-order valence-corrected chi connectivity index (χ2v) is 7.40. The van der Waals surface area contributed by atoms with Gasteiger partial charge in [-0.3, -0.25) is 0 Å². The molecule has 6 nitrogen and oxygen atoms in total. The van der Waals surface area contributed by atoms with Crippen molar-refractivity contribution in [3.8, 4) is 0 Å². The quantitative estimate of drug-likeness (QED) is 0.654. The van der Waals surface area contributed by atoms with Crippen LogP contribution in [0.1, 0.15) is 50.0 Å². The van der Waals surface area contributed by atoms with E-state index in [1.807, 2.05) is 13.8 Å². The third-order valence-electron chi connectivity index (χ3n) is 6.12. The third-order valence-corrected chi connectivity index (χ3v) is 6.12. The van der Waals surface area contributed by atoms with Crippen LogP contribution < -0.4 is 10.6 Å². The fourth-order valence-corrected chi connectivity index (χ4v) is 4.68. The van der Waals surface area contributed by atoms with E-state index in [0.29, 0.717) is 35.9 Å². The Labute approximate surface area is 143 Å². The second-order valence-electron chi connectivity index (χ2n) is 7.40. The summed E-state index contributed by atoms with van der Waals surface area (Å²) in [5.41, 5.74) is 1.30. The Balaban J connectivity index is 1.46. The normalized spacial score (nSPS) is 30.6. The van der Waals surface area contributed by atoms with Crippen LogP contribution in [-0.2, 0) is 11.3 Å². The van der Waals surface area contributed by atoms with E-state index in [4.69, 9.17) is 14.1 Å². The number of aliphatic imine (C=N–C) groups is 1. The SMILES string of the molecule is CCNC(=NCc1nc(C)c(C)o1)NC1C2CCOC2C12CCC2. The first-order valence-electron chi connectivity index (χ1n) is 9.23. The van der Waals surface area contributed by atoms with Crippen molar-refractivity contribution in [2.24, 2.45) is 16.3 Å². The fraction of sp³-hybridized carbons (Fsp3) is 0.778. The molecule has 3 aliphatic rings. The molecule has 132 valence electrons. The number of hydrogen-bond donors (Lipinski definition) is 2. The lowest BCUT2D eigenvalue weighted by Crippen LogP contribution is -2.72. The fourth-order valence-electron chi connectivity index (χ4n) is 4.68. The average molecular weight is 332 g/mol. The zero-order valence-corrected chi connectivity index (χ0v) is 14.9. The molecule has 4 rings (SSSR count). The molecule has 1 aromatic rings. The molecule has 2 N–H and O–H groups in total. The minimum absolute atomic E-state index is 0.355. The standard InChI is InChI=1S/C18H28N4O2/c1-4-19-17(20-10-14-21-11(2)12(3)24-14)22-15-13-6-9-23-16(13)18(15)7-5-8-18/h13,15-16H,4-10H2,1-3H3,(H2,19,20,22). The van der Waals surface area contributed by atoms with Gasteiger partial charge < -0.3 is 19.8 Å². The van der Waals surface area contributed by atoms with Crippen LogP contribution in [0, 0.1) is 25.2 Å². The highest BCUT2D eigenvalue weighted by atomic mass is 16.5. The minimum atomic E-state index is 0.355. The zero-order valence-electron chi connectivity index (χ0n) is 14.9. The monoisotopic (exact) mass is 332 g/mol. The number of aryl methyl sites for hydroxylation is 2. The highest BCUT2D eigenvalue weighted by Gasteiger charge is 2.66. The van der Waals surface area contributed by atoms with Crippen molar-refractivity contribution >= 4 is 5.96 Å². The molecule has 2 aliphatic carbocycles. The summed E-state index contributed by atoms with van der Waals surface area (Å²) in [5, 5.41) is 7.07. The minimum Gasteiger partial charge on any atom is -0.444 e. The first-order valence-corrected chi connectivity index (χ1v) is 9.23. The maximum Gasteiger partial charge on any atom is 0.216 e. The van der Waals surface area contributed by atoms with Gasteiger partial charge in [-0.05, 0) is 40.0 Å². The van der Waals surface area contributed by atoms with E-state index in [9.17, 15) is 0 Å². The first-order chi connectivity index (χ1) is 11.6. The molecule has 0 aromatic carbocycles. The Morgan fingerprint density at radius 3 is 2.83 bits per heavy atom. The topological polar surface area (TPSA) is 71.7 Å². The third kappa shape index (κ3) is 2.42. The second kappa shape index (κ2) is 6.06. The molecule has 0 amide bonds. The zero-order chi connectivity index (χ0) is 16.7. The summed E-state index contributed by atoms with van der Waals surface area (Å²) >= 11 is 0. The van der Waals surface area contributed by atoms with Crippen LogP contribution in [0.4, 0.5) is 0 Å². The first kappa shape index (κ1) is 15.9. The van der Waals surface area contributed by atoms with Gasteiger partial charge in [0.15, 0.2) is 5.96 Å². The summed E-state index contributed by atoms with van der Waals surface area (Å²) in [7, 11) is 0. The highest BCUT2D eigenvalue weighted by molar-refractivity contribution is 5.80. The lowest BCUT2D eigenvalue weighted by Gasteiger charge is -2.63. The van der Waals surface area contributed by atoms with E-state index >= 15 is 0 Å². The van der Waals surface area contributed by atoms with Gasteiger partial charge in [-0.25, -0.2) is 9.98 Å². The number of fused-ring (bicyclic) bond motifs is 2. The number of nitrogens with zero attached hydrogens (tertiary/aromatic N) is 2. The maximum absolute atomic E-state index is 6.00. The summed E-state index contributed by atoms with van der Waals surface area (Å²) in [6, 6.07) is 0.490. The Morgan fingerprint density at radius 2 is 2.21 bits per heavy atom. The number of nitrogens with one attached hydrogen (secondary N) is 2. The molecule has 24 heavy (non-hydrogen) atoms. The van der Waals surface area contributed by atoms with Gasteiger partial charge in [-0.1, -0.05) is 6.42 Å². The Morgan fingerprint density at radius 1 is 1.38 bits per heavy atom. The van der Waals surface area contributed by atoms with Gasteiger partial charge in [0.25, 0.3) is 0 Å². The number of hydrogen-bond acceptors (Lipinski definition) is 4. The van der Waals surface area contributed by atoms with E-state index in [1.165, 1.54) is 25.7 Å². The molecule has 2 heterocycles. The Bertz CT molecular complexity index is 615. The summed E-state index contributed by atoms with van der Waals surface area (Å²) in [6.45, 7) is 8.22. The van der Waals surface area contributed by atoms with E-state index < -0.39 is 0 Å². The molecule has 2 saturated carbocycles. The number of guanidine groups is 1. The summed E-state index contributed by atoms with van der Waals surface area (Å²) in [6.07, 6.45) is 5.53. The van der Waals surface area contributed by atoms with Crippen LogP contribution in [0.3, 0.4) is 0 Å². The van der Waals surface area contributed by atoms with Gasteiger partial charge >= 0.3 is 0 Å². The number of aromatic nitrogens is 1. The van der Waals surface area contributed by atoms with Gasteiger partial charge in [0, 0.05) is 30.5 Å². The van der Waals surface area contributed by atoms with Crippen molar-refractivity contribution in [2.45, 2.75) is 65.1 Å². The van der Waals surface area contributed by atoms with Crippen molar-refractivity contribution in [3.05, 3.63) is 17.3 Å². The maximum atomic E-state index is 6.00. The molecule has 0 bridgehead atoms. The van der Waals surface area contributed by atoms with E-state index in [2.05, 4.69) is 22.5 Å². The largest absolute Gasteiger partial charge is 0.444 e. The van der Waals surface area contributed by atoms with E-state index in [-0.39, 0.29) is 0 Å². The van der Waals surface area contributed by atoms with Crippen molar-refractivity contribution in [2.75, 3.05) is 13.2 Å². The predicted octanol–water partition coefficient (Wildman–Crippen LogP) is 2.30. The van der Waals surface area contributed by atoms with Crippen molar-refractivity contribution < 1.29 is 9.15 Å². The van der Waals surface area contributed by atoms with Crippen molar-refractivity contribution in [1.82, 2.24) is 15.6 Å². The molecule has 6 heteroatoms. The molecule has 1 aliphatic heterocycles. The molecule has 1 spiro atoms. The van der Waals surface area contributed by atoms with Crippen molar-refractivity contribution in [3.63, 3.8) is 0 Å². The van der Waals surface area contributed by atoms with Crippen LogP contribution >= 0.6 is 0 Å². The smallest absolute Gasteiger partial charge is 0.216 e. The molecular formula is C18H28N4O2.